The van der Waals surface area contributed by atoms with Crippen molar-refractivity contribution in [2.45, 2.75) is 57.0 Å². The average Bonchev–Trinajstić information content (AvgIpc) is 2.77. The van der Waals surface area contributed by atoms with Crippen LogP contribution in [0.15, 0.2) is 53.4 Å². The van der Waals surface area contributed by atoms with Crippen LogP contribution < -0.4 is 15.4 Å². The lowest BCUT2D eigenvalue weighted by Crippen LogP contribution is -2.44. The quantitative estimate of drug-likeness (QED) is 0.405. The number of hydrogen-bond donors (Lipinski definition) is 3. The van der Waals surface area contributed by atoms with Crippen LogP contribution >= 0.6 is 0 Å². The molecule has 0 aliphatic carbocycles. The zero-order valence-electron chi connectivity index (χ0n) is 20.7. The van der Waals surface area contributed by atoms with E-state index < -0.39 is 39.2 Å². The van der Waals surface area contributed by atoms with Crippen LogP contribution in [0.25, 0.3) is 0 Å². The van der Waals surface area contributed by atoms with Crippen LogP contribution in [0.5, 0.6) is 0 Å². The third kappa shape index (κ3) is 9.04. The van der Waals surface area contributed by atoms with Gasteiger partial charge in [0.2, 0.25) is 15.9 Å². The molecule has 2 amide bonds. The summed E-state index contributed by atoms with van der Waals surface area (Å²) in [6.07, 6.45) is 0.878. The third-order valence-corrected chi connectivity index (χ3v) is 6.92. The fourth-order valence-electron chi connectivity index (χ4n) is 3.32. The number of rotatable bonds is 12. The predicted octanol–water partition coefficient (Wildman–Crippen LogP) is 3.70. The second kappa shape index (κ2) is 12.2. The van der Waals surface area contributed by atoms with Crippen molar-refractivity contribution in [1.29, 1.82) is 0 Å². The molecule has 0 radical (unpaired) electrons. The summed E-state index contributed by atoms with van der Waals surface area (Å²) in [5, 5.41) is 5.42. The standard InChI is InChI=1S/C25H34FN3O5S/c1-17(2)16-22(28-23(30)18-6-8-19(26)9-7-18)24(31)27-20-10-12-21(13-11-20)35(32,33)29-25(3,4)14-15-34-5/h6-13,17,22,29H,14-16H2,1-5H3,(H,27,31)(H,28,30)/t22-/m1/s1. The molecule has 0 aliphatic heterocycles. The minimum Gasteiger partial charge on any atom is -0.385 e. The van der Waals surface area contributed by atoms with Gasteiger partial charge in [0.25, 0.3) is 5.91 Å². The molecular formula is C25H34FN3O5S. The SMILES string of the molecule is COCCC(C)(C)NS(=O)(=O)c1ccc(NC(=O)[C@@H](CC(C)C)NC(=O)c2ccc(F)cc2)cc1. The number of ether oxygens (including phenoxy) is 1. The van der Waals surface area contributed by atoms with Crippen LogP contribution in [0.2, 0.25) is 0 Å². The fourth-order valence-corrected chi connectivity index (χ4v) is 4.77. The Bertz CT molecular complexity index is 1100. The van der Waals surface area contributed by atoms with Crippen molar-refractivity contribution in [3.05, 3.63) is 59.9 Å². The van der Waals surface area contributed by atoms with Crippen LogP contribution in [0.3, 0.4) is 0 Å². The zero-order chi connectivity index (χ0) is 26.2. The molecule has 0 saturated heterocycles. The van der Waals surface area contributed by atoms with Crippen LogP contribution in [0, 0.1) is 11.7 Å². The van der Waals surface area contributed by atoms with Crippen molar-refractivity contribution < 1.29 is 27.1 Å². The summed E-state index contributed by atoms with van der Waals surface area (Å²) in [5.41, 5.74) is -0.0741. The maximum absolute atomic E-state index is 13.1. The number of hydrogen-bond acceptors (Lipinski definition) is 5. The van der Waals surface area contributed by atoms with E-state index >= 15 is 0 Å². The summed E-state index contributed by atoms with van der Waals surface area (Å²) < 4.78 is 46.3. The topological polar surface area (TPSA) is 114 Å². The van der Waals surface area contributed by atoms with E-state index in [4.69, 9.17) is 4.74 Å². The molecule has 0 aliphatic rings. The molecule has 2 rings (SSSR count). The first-order valence-corrected chi connectivity index (χ1v) is 12.8. The summed E-state index contributed by atoms with van der Waals surface area (Å²) >= 11 is 0. The molecule has 1 atom stereocenters. The highest BCUT2D eigenvalue weighted by molar-refractivity contribution is 7.89. The van der Waals surface area contributed by atoms with E-state index in [1.54, 1.807) is 21.0 Å². The highest BCUT2D eigenvalue weighted by atomic mass is 32.2. The molecule has 0 heterocycles. The summed E-state index contributed by atoms with van der Waals surface area (Å²) in [7, 11) is -2.22. The van der Waals surface area contributed by atoms with Crippen LogP contribution in [-0.2, 0) is 19.6 Å². The van der Waals surface area contributed by atoms with E-state index in [0.717, 1.165) is 0 Å². The number of sulfonamides is 1. The second-order valence-corrected chi connectivity index (χ2v) is 11.1. The lowest BCUT2D eigenvalue weighted by molar-refractivity contribution is -0.118. The lowest BCUT2D eigenvalue weighted by atomic mass is 10.0. The summed E-state index contributed by atoms with van der Waals surface area (Å²) in [6.45, 7) is 7.80. The monoisotopic (exact) mass is 507 g/mol. The summed E-state index contributed by atoms with van der Waals surface area (Å²) in [4.78, 5) is 25.5. The number of halogens is 1. The Kier molecular flexibility index (Phi) is 9.93. The van der Waals surface area contributed by atoms with Gasteiger partial charge in [0.05, 0.1) is 4.90 Å². The Morgan fingerprint density at radius 3 is 2.17 bits per heavy atom. The second-order valence-electron chi connectivity index (χ2n) is 9.41. The Balaban J connectivity index is 2.10. The molecule has 0 unspecified atom stereocenters. The normalized spacial score (nSPS) is 12.9. The highest BCUT2D eigenvalue weighted by Crippen LogP contribution is 2.19. The largest absolute Gasteiger partial charge is 0.385 e. The third-order valence-electron chi connectivity index (χ3n) is 5.21. The number of nitrogens with one attached hydrogen (secondary N) is 3. The molecule has 10 heteroatoms. The van der Waals surface area contributed by atoms with Crippen molar-refractivity contribution >= 4 is 27.5 Å². The van der Waals surface area contributed by atoms with E-state index in [1.807, 2.05) is 13.8 Å². The van der Waals surface area contributed by atoms with E-state index in [-0.39, 0.29) is 16.4 Å². The Hall–Kier alpha value is -2.82. The van der Waals surface area contributed by atoms with Crippen molar-refractivity contribution in [3.8, 4) is 0 Å². The number of methoxy groups -OCH3 is 1. The predicted molar refractivity (Wildman–Crippen MR) is 133 cm³/mol. The number of amides is 2. The van der Waals surface area contributed by atoms with Crippen molar-refractivity contribution in [3.63, 3.8) is 0 Å². The molecule has 0 fully saturated rings. The molecule has 35 heavy (non-hydrogen) atoms. The van der Waals surface area contributed by atoms with Gasteiger partial charge >= 0.3 is 0 Å². The van der Waals surface area contributed by atoms with Crippen molar-refractivity contribution in [2.24, 2.45) is 5.92 Å². The van der Waals surface area contributed by atoms with Gasteiger partial charge < -0.3 is 15.4 Å². The number of carbonyl (C=O) groups excluding carboxylic acids is 2. The molecule has 0 spiro atoms. The molecule has 8 nitrogen and oxygen atoms in total. The van der Waals surface area contributed by atoms with Gasteiger partial charge in [0.15, 0.2) is 0 Å². The van der Waals surface area contributed by atoms with Gasteiger partial charge in [-0.1, -0.05) is 13.8 Å². The number of benzene rings is 2. The van der Waals surface area contributed by atoms with Crippen LogP contribution in [-0.4, -0.2) is 45.5 Å². The van der Waals surface area contributed by atoms with E-state index in [9.17, 15) is 22.4 Å². The van der Waals surface area contributed by atoms with Crippen LogP contribution in [0.4, 0.5) is 10.1 Å². The van der Waals surface area contributed by atoms with Crippen LogP contribution in [0.1, 0.15) is 50.9 Å². The first-order chi connectivity index (χ1) is 16.3. The minimum atomic E-state index is -3.78. The minimum absolute atomic E-state index is 0.0596. The summed E-state index contributed by atoms with van der Waals surface area (Å²) in [6, 6.07) is 9.99. The van der Waals surface area contributed by atoms with E-state index in [1.165, 1.54) is 48.5 Å². The van der Waals surface area contributed by atoms with E-state index in [2.05, 4.69) is 15.4 Å². The molecule has 0 saturated carbocycles. The van der Waals surface area contributed by atoms with Crippen molar-refractivity contribution in [2.75, 3.05) is 19.0 Å². The summed E-state index contributed by atoms with van der Waals surface area (Å²) in [5.74, 6) is -1.28. The van der Waals surface area contributed by atoms with Gasteiger partial charge in [-0.2, -0.15) is 0 Å². The fraction of sp³-hybridized carbons (Fsp3) is 0.440. The maximum Gasteiger partial charge on any atom is 0.251 e. The molecule has 192 valence electrons. The van der Waals surface area contributed by atoms with Gasteiger partial charge in [-0.15, -0.1) is 0 Å². The molecule has 2 aromatic carbocycles. The van der Waals surface area contributed by atoms with Gasteiger partial charge in [0, 0.05) is 30.5 Å². The van der Waals surface area contributed by atoms with Gasteiger partial charge in [-0.25, -0.2) is 17.5 Å². The van der Waals surface area contributed by atoms with Gasteiger partial charge in [-0.05, 0) is 81.1 Å². The van der Waals surface area contributed by atoms with Gasteiger partial charge in [0.1, 0.15) is 11.9 Å². The Morgan fingerprint density at radius 2 is 1.63 bits per heavy atom. The maximum atomic E-state index is 13.1. The average molecular weight is 508 g/mol. The Labute approximate surface area is 206 Å². The van der Waals surface area contributed by atoms with E-state index in [0.29, 0.717) is 25.1 Å². The van der Waals surface area contributed by atoms with Crippen molar-refractivity contribution in [1.82, 2.24) is 10.0 Å². The Morgan fingerprint density at radius 1 is 1.03 bits per heavy atom. The first kappa shape index (κ1) is 28.4. The number of carbonyl (C=O) groups is 2. The zero-order valence-corrected chi connectivity index (χ0v) is 21.5. The lowest BCUT2D eigenvalue weighted by Gasteiger charge is -2.25. The van der Waals surface area contributed by atoms with Gasteiger partial charge in [-0.3, -0.25) is 9.59 Å². The highest BCUT2D eigenvalue weighted by Gasteiger charge is 2.26. The molecule has 0 aromatic heterocycles. The molecule has 3 N–H and O–H groups in total. The smallest absolute Gasteiger partial charge is 0.251 e. The molecular weight excluding hydrogens is 473 g/mol. The number of anilines is 1. The molecule has 0 bridgehead atoms. The molecule has 2 aromatic rings. The first-order valence-electron chi connectivity index (χ1n) is 11.3.